The van der Waals surface area contributed by atoms with Crippen LogP contribution in [0.4, 0.5) is 5.69 Å². The standard InChI is InChI=1S/C19H18Cl2N2O2S2/c1-11(2)10-26-19-23-15-5-4-13(8-17(15)27-19)22-18(24)9-25-16-6-3-12(20)7-14(16)21/h3-8,11H,9-10H2,1-2H3,(H,22,24). The summed E-state index contributed by atoms with van der Waals surface area (Å²) in [5.41, 5.74) is 1.65. The molecule has 27 heavy (non-hydrogen) atoms. The fourth-order valence-electron chi connectivity index (χ4n) is 2.21. The normalized spacial score (nSPS) is 11.1. The number of halogens is 2. The van der Waals surface area contributed by atoms with Gasteiger partial charge in [-0.05, 0) is 42.3 Å². The van der Waals surface area contributed by atoms with Crippen molar-refractivity contribution >= 4 is 68.1 Å². The minimum Gasteiger partial charge on any atom is -0.482 e. The molecule has 142 valence electrons. The van der Waals surface area contributed by atoms with Gasteiger partial charge in [0, 0.05) is 16.5 Å². The molecule has 4 nitrogen and oxygen atoms in total. The number of aromatic nitrogens is 1. The van der Waals surface area contributed by atoms with E-state index in [0.717, 1.165) is 20.3 Å². The molecule has 0 aliphatic carbocycles. The van der Waals surface area contributed by atoms with E-state index in [1.165, 1.54) is 0 Å². The summed E-state index contributed by atoms with van der Waals surface area (Å²) in [5.74, 6) is 1.81. The molecular formula is C19H18Cl2N2O2S2. The van der Waals surface area contributed by atoms with Crippen molar-refractivity contribution in [1.82, 2.24) is 4.98 Å². The summed E-state index contributed by atoms with van der Waals surface area (Å²) in [6.45, 7) is 4.23. The molecule has 3 aromatic rings. The maximum absolute atomic E-state index is 12.2. The summed E-state index contributed by atoms with van der Waals surface area (Å²) in [7, 11) is 0. The Hall–Kier alpha value is -1.47. The first-order chi connectivity index (χ1) is 12.9. The second-order valence-corrected chi connectivity index (χ2v) is 9.42. The number of benzene rings is 2. The lowest BCUT2D eigenvalue weighted by Gasteiger charge is -2.09. The van der Waals surface area contributed by atoms with Gasteiger partial charge in [-0.2, -0.15) is 0 Å². The first-order valence-corrected chi connectivity index (χ1v) is 10.9. The molecule has 0 radical (unpaired) electrons. The predicted octanol–water partition coefficient (Wildman–Crippen LogP) is 6.37. The highest BCUT2D eigenvalue weighted by atomic mass is 35.5. The SMILES string of the molecule is CC(C)CSc1nc2ccc(NC(=O)COc3ccc(Cl)cc3Cl)cc2s1. The van der Waals surface area contributed by atoms with Gasteiger partial charge in [-0.25, -0.2) is 4.98 Å². The Kier molecular flexibility index (Phi) is 6.87. The van der Waals surface area contributed by atoms with E-state index < -0.39 is 0 Å². The Morgan fingerprint density at radius 2 is 2.07 bits per heavy atom. The molecule has 1 heterocycles. The van der Waals surface area contributed by atoms with Gasteiger partial charge in [-0.3, -0.25) is 4.79 Å². The maximum Gasteiger partial charge on any atom is 0.262 e. The van der Waals surface area contributed by atoms with E-state index in [1.807, 2.05) is 18.2 Å². The molecule has 0 saturated heterocycles. The number of thioether (sulfide) groups is 1. The van der Waals surface area contributed by atoms with E-state index in [-0.39, 0.29) is 12.5 Å². The van der Waals surface area contributed by atoms with Gasteiger partial charge in [0.25, 0.3) is 5.91 Å². The molecule has 0 spiro atoms. The molecule has 8 heteroatoms. The number of thiazole rings is 1. The summed E-state index contributed by atoms with van der Waals surface area (Å²) >= 11 is 15.3. The number of nitrogens with one attached hydrogen (secondary N) is 1. The van der Waals surface area contributed by atoms with E-state index in [1.54, 1.807) is 41.3 Å². The van der Waals surface area contributed by atoms with Crippen molar-refractivity contribution in [3.63, 3.8) is 0 Å². The van der Waals surface area contributed by atoms with Crippen molar-refractivity contribution in [1.29, 1.82) is 0 Å². The molecule has 1 aromatic heterocycles. The van der Waals surface area contributed by atoms with E-state index in [9.17, 15) is 4.79 Å². The number of anilines is 1. The smallest absolute Gasteiger partial charge is 0.262 e. The van der Waals surface area contributed by atoms with Gasteiger partial charge < -0.3 is 10.1 Å². The van der Waals surface area contributed by atoms with Crippen molar-refractivity contribution in [2.24, 2.45) is 5.92 Å². The second kappa shape index (κ2) is 9.15. The zero-order valence-corrected chi connectivity index (χ0v) is 17.9. The van der Waals surface area contributed by atoms with Gasteiger partial charge >= 0.3 is 0 Å². The average Bonchev–Trinajstić information content (AvgIpc) is 3.01. The van der Waals surface area contributed by atoms with Gasteiger partial charge in [0.2, 0.25) is 0 Å². The van der Waals surface area contributed by atoms with Crippen LogP contribution in [0.5, 0.6) is 5.75 Å². The fraction of sp³-hybridized carbons (Fsp3) is 0.263. The number of carbonyl (C=O) groups excluding carboxylic acids is 1. The van der Waals surface area contributed by atoms with Gasteiger partial charge in [-0.1, -0.05) is 48.8 Å². The zero-order chi connectivity index (χ0) is 19.4. The molecule has 0 saturated carbocycles. The Morgan fingerprint density at radius 3 is 2.81 bits per heavy atom. The molecule has 1 amide bonds. The Morgan fingerprint density at radius 1 is 1.26 bits per heavy atom. The van der Waals surface area contributed by atoms with Crippen molar-refractivity contribution in [3.05, 3.63) is 46.4 Å². The minimum atomic E-state index is -0.265. The minimum absolute atomic E-state index is 0.141. The van der Waals surface area contributed by atoms with Crippen LogP contribution in [0.15, 0.2) is 40.7 Å². The summed E-state index contributed by atoms with van der Waals surface area (Å²) in [5, 5.41) is 3.72. The van der Waals surface area contributed by atoms with Crippen LogP contribution in [0.3, 0.4) is 0 Å². The highest BCUT2D eigenvalue weighted by molar-refractivity contribution is 8.01. The van der Waals surface area contributed by atoms with Crippen molar-refractivity contribution in [3.8, 4) is 5.75 Å². The summed E-state index contributed by atoms with van der Waals surface area (Å²) in [6, 6.07) is 10.6. The van der Waals surface area contributed by atoms with Crippen LogP contribution < -0.4 is 10.1 Å². The van der Waals surface area contributed by atoms with Crippen LogP contribution in [0.1, 0.15) is 13.8 Å². The third-order valence-electron chi connectivity index (χ3n) is 3.45. The van der Waals surface area contributed by atoms with Crippen molar-refractivity contribution < 1.29 is 9.53 Å². The van der Waals surface area contributed by atoms with Crippen LogP contribution in [0, 0.1) is 5.92 Å². The molecular weight excluding hydrogens is 423 g/mol. The molecule has 2 aromatic carbocycles. The lowest BCUT2D eigenvalue weighted by Crippen LogP contribution is -2.20. The van der Waals surface area contributed by atoms with Crippen LogP contribution in [-0.4, -0.2) is 23.3 Å². The number of rotatable bonds is 7. The fourth-order valence-corrected chi connectivity index (χ4v) is 4.76. The number of ether oxygens (including phenoxy) is 1. The van der Waals surface area contributed by atoms with Crippen LogP contribution in [0.25, 0.3) is 10.2 Å². The Balaban J connectivity index is 1.60. The van der Waals surface area contributed by atoms with E-state index >= 15 is 0 Å². The number of fused-ring (bicyclic) bond motifs is 1. The highest BCUT2D eigenvalue weighted by Gasteiger charge is 2.10. The van der Waals surface area contributed by atoms with Crippen molar-refractivity contribution in [2.75, 3.05) is 17.7 Å². The average molecular weight is 441 g/mol. The van der Waals surface area contributed by atoms with Gasteiger partial charge in [0.1, 0.15) is 5.75 Å². The van der Waals surface area contributed by atoms with E-state index in [0.29, 0.717) is 27.4 Å². The summed E-state index contributed by atoms with van der Waals surface area (Å²) < 4.78 is 7.54. The molecule has 0 atom stereocenters. The molecule has 1 N–H and O–H groups in total. The Labute approximate surface area is 176 Å². The lowest BCUT2D eigenvalue weighted by atomic mass is 10.3. The largest absolute Gasteiger partial charge is 0.482 e. The van der Waals surface area contributed by atoms with E-state index in [4.69, 9.17) is 27.9 Å². The molecule has 0 fully saturated rings. The molecule has 0 unspecified atom stereocenters. The third kappa shape index (κ3) is 5.75. The molecule has 0 bridgehead atoms. The molecule has 0 aliphatic rings. The van der Waals surface area contributed by atoms with E-state index in [2.05, 4.69) is 24.1 Å². The predicted molar refractivity (Wildman–Crippen MR) is 116 cm³/mol. The van der Waals surface area contributed by atoms with Crippen LogP contribution in [-0.2, 0) is 4.79 Å². The van der Waals surface area contributed by atoms with Crippen molar-refractivity contribution in [2.45, 2.75) is 18.2 Å². The monoisotopic (exact) mass is 440 g/mol. The first-order valence-electron chi connectivity index (χ1n) is 8.32. The van der Waals surface area contributed by atoms with Crippen LogP contribution >= 0.6 is 46.3 Å². The topological polar surface area (TPSA) is 51.2 Å². The Bertz CT molecular complexity index is 960. The number of nitrogens with zero attached hydrogens (tertiary/aromatic N) is 1. The quantitative estimate of drug-likeness (QED) is 0.433. The zero-order valence-electron chi connectivity index (χ0n) is 14.8. The lowest BCUT2D eigenvalue weighted by molar-refractivity contribution is -0.118. The second-order valence-electron chi connectivity index (χ2n) is 6.28. The first kappa shape index (κ1) is 20.3. The number of hydrogen-bond acceptors (Lipinski definition) is 5. The number of hydrogen-bond donors (Lipinski definition) is 1. The summed E-state index contributed by atoms with van der Waals surface area (Å²) in [6.07, 6.45) is 0. The molecule has 0 aliphatic heterocycles. The molecule has 3 rings (SSSR count). The summed E-state index contributed by atoms with van der Waals surface area (Å²) in [4.78, 5) is 16.8. The number of carbonyl (C=O) groups is 1. The van der Waals surface area contributed by atoms with Crippen LogP contribution in [0.2, 0.25) is 10.0 Å². The highest BCUT2D eigenvalue weighted by Crippen LogP contribution is 2.32. The number of amides is 1. The van der Waals surface area contributed by atoms with Gasteiger partial charge in [0.05, 0.1) is 15.2 Å². The van der Waals surface area contributed by atoms with Gasteiger partial charge in [0.15, 0.2) is 10.9 Å². The van der Waals surface area contributed by atoms with Gasteiger partial charge in [-0.15, -0.1) is 11.3 Å². The maximum atomic E-state index is 12.2. The third-order valence-corrected chi connectivity index (χ3v) is 6.56.